The molecule has 0 aromatic heterocycles. The second kappa shape index (κ2) is 6.97. The predicted octanol–water partition coefficient (Wildman–Crippen LogP) is 2.42. The summed E-state index contributed by atoms with van der Waals surface area (Å²) in [6.45, 7) is 1.98. The van der Waals surface area contributed by atoms with Gasteiger partial charge in [-0.1, -0.05) is 24.3 Å². The molecule has 9 heavy (non-hydrogen) atoms. The SMILES string of the molecule is CC=CCC=CCC#N. The number of nitrogens with zero attached hydrogens (tertiary/aromatic N) is 1. The van der Waals surface area contributed by atoms with Gasteiger partial charge in [-0.3, -0.25) is 0 Å². The largest absolute Gasteiger partial charge is 0.198 e. The Kier molecular flexibility index (Phi) is 6.17. The van der Waals surface area contributed by atoms with E-state index in [-0.39, 0.29) is 0 Å². The molecule has 0 fully saturated rings. The molecule has 0 saturated heterocycles. The molecule has 0 N–H and O–H groups in total. The van der Waals surface area contributed by atoms with Crippen LogP contribution in [0.15, 0.2) is 24.3 Å². The van der Waals surface area contributed by atoms with Crippen molar-refractivity contribution >= 4 is 0 Å². The number of rotatable bonds is 3. The summed E-state index contributed by atoms with van der Waals surface area (Å²) in [5, 5.41) is 8.10. The summed E-state index contributed by atoms with van der Waals surface area (Å²) in [5.74, 6) is 0. The monoisotopic (exact) mass is 121 g/mol. The Morgan fingerprint density at radius 2 is 2.11 bits per heavy atom. The van der Waals surface area contributed by atoms with Gasteiger partial charge in [0, 0.05) is 0 Å². The van der Waals surface area contributed by atoms with E-state index < -0.39 is 0 Å². The van der Waals surface area contributed by atoms with Crippen molar-refractivity contribution in [1.29, 1.82) is 5.26 Å². The van der Waals surface area contributed by atoms with Gasteiger partial charge in [0.1, 0.15) is 0 Å². The van der Waals surface area contributed by atoms with E-state index in [0.717, 1.165) is 6.42 Å². The Morgan fingerprint density at radius 3 is 2.67 bits per heavy atom. The first kappa shape index (κ1) is 7.97. The molecular weight excluding hydrogens is 110 g/mol. The predicted molar refractivity (Wildman–Crippen MR) is 38.8 cm³/mol. The number of hydrogen-bond donors (Lipinski definition) is 0. The highest BCUT2D eigenvalue weighted by molar-refractivity contribution is 4.95. The summed E-state index contributed by atoms with van der Waals surface area (Å²) in [7, 11) is 0. The van der Waals surface area contributed by atoms with Crippen LogP contribution in [0.2, 0.25) is 0 Å². The minimum Gasteiger partial charge on any atom is -0.198 e. The van der Waals surface area contributed by atoms with Crippen molar-refractivity contribution in [1.82, 2.24) is 0 Å². The van der Waals surface area contributed by atoms with Crippen LogP contribution in [0, 0.1) is 11.3 Å². The van der Waals surface area contributed by atoms with Crippen LogP contribution in [0.1, 0.15) is 19.8 Å². The van der Waals surface area contributed by atoms with Gasteiger partial charge in [-0.05, 0) is 13.3 Å². The number of hydrogen-bond acceptors (Lipinski definition) is 1. The van der Waals surface area contributed by atoms with Gasteiger partial charge < -0.3 is 0 Å². The lowest BCUT2D eigenvalue weighted by atomic mass is 10.3. The lowest BCUT2D eigenvalue weighted by Gasteiger charge is -1.76. The molecule has 0 bridgehead atoms. The van der Waals surface area contributed by atoms with E-state index >= 15 is 0 Å². The van der Waals surface area contributed by atoms with Gasteiger partial charge >= 0.3 is 0 Å². The highest BCUT2D eigenvalue weighted by atomic mass is 14.2. The van der Waals surface area contributed by atoms with Crippen molar-refractivity contribution in [2.24, 2.45) is 0 Å². The number of nitriles is 1. The molecular formula is C8H11N. The minimum atomic E-state index is 0.525. The maximum absolute atomic E-state index is 8.10. The Labute approximate surface area is 56.3 Å². The van der Waals surface area contributed by atoms with Crippen molar-refractivity contribution in [3.63, 3.8) is 0 Å². The molecule has 0 radical (unpaired) electrons. The summed E-state index contributed by atoms with van der Waals surface area (Å²) in [5.41, 5.74) is 0. The van der Waals surface area contributed by atoms with Crippen molar-refractivity contribution in [2.75, 3.05) is 0 Å². The molecule has 0 aliphatic carbocycles. The Morgan fingerprint density at radius 1 is 1.33 bits per heavy atom. The first-order chi connectivity index (χ1) is 4.41. The lowest BCUT2D eigenvalue weighted by Crippen LogP contribution is -1.58. The summed E-state index contributed by atoms with van der Waals surface area (Å²) in [6, 6.07) is 2.03. The van der Waals surface area contributed by atoms with Gasteiger partial charge in [0.25, 0.3) is 0 Å². The molecule has 0 amide bonds. The second-order valence-electron chi connectivity index (χ2n) is 1.64. The highest BCUT2D eigenvalue weighted by Gasteiger charge is 1.69. The molecule has 0 aliphatic heterocycles. The molecule has 0 rings (SSSR count). The third-order valence-corrected chi connectivity index (χ3v) is 0.884. The fourth-order valence-electron chi connectivity index (χ4n) is 0.447. The molecule has 0 unspecified atom stereocenters. The van der Waals surface area contributed by atoms with Crippen LogP contribution in [-0.2, 0) is 0 Å². The van der Waals surface area contributed by atoms with Crippen LogP contribution in [0.4, 0.5) is 0 Å². The fourth-order valence-corrected chi connectivity index (χ4v) is 0.447. The van der Waals surface area contributed by atoms with E-state index in [0.29, 0.717) is 6.42 Å². The van der Waals surface area contributed by atoms with E-state index in [1.807, 2.05) is 37.3 Å². The molecule has 48 valence electrons. The average molecular weight is 121 g/mol. The van der Waals surface area contributed by atoms with E-state index in [4.69, 9.17) is 5.26 Å². The average Bonchev–Trinajstić information content (AvgIpc) is 1.89. The fraction of sp³-hybridized carbons (Fsp3) is 0.375. The number of allylic oxidation sites excluding steroid dienone is 4. The summed E-state index contributed by atoms with van der Waals surface area (Å²) < 4.78 is 0. The van der Waals surface area contributed by atoms with E-state index in [2.05, 4.69) is 0 Å². The van der Waals surface area contributed by atoms with Crippen LogP contribution >= 0.6 is 0 Å². The Hall–Kier alpha value is -1.03. The van der Waals surface area contributed by atoms with Crippen LogP contribution in [0.5, 0.6) is 0 Å². The van der Waals surface area contributed by atoms with Crippen LogP contribution in [-0.4, -0.2) is 0 Å². The topological polar surface area (TPSA) is 23.8 Å². The minimum absolute atomic E-state index is 0.525. The van der Waals surface area contributed by atoms with Gasteiger partial charge in [-0.25, -0.2) is 0 Å². The van der Waals surface area contributed by atoms with E-state index in [9.17, 15) is 0 Å². The van der Waals surface area contributed by atoms with Crippen LogP contribution < -0.4 is 0 Å². The second-order valence-corrected chi connectivity index (χ2v) is 1.64. The maximum atomic E-state index is 8.10. The zero-order valence-corrected chi connectivity index (χ0v) is 5.67. The summed E-state index contributed by atoms with van der Waals surface area (Å²) >= 11 is 0. The zero-order valence-electron chi connectivity index (χ0n) is 5.67. The van der Waals surface area contributed by atoms with Gasteiger partial charge in [0.05, 0.1) is 12.5 Å². The standard InChI is InChI=1S/C8H11N/c1-2-3-4-5-6-7-8-9/h2-3,5-6H,4,7H2,1H3. The van der Waals surface area contributed by atoms with Gasteiger partial charge in [0.15, 0.2) is 0 Å². The highest BCUT2D eigenvalue weighted by Crippen LogP contribution is 1.86. The third kappa shape index (κ3) is 6.97. The smallest absolute Gasteiger partial charge is 0.0663 e. The third-order valence-electron chi connectivity index (χ3n) is 0.884. The summed E-state index contributed by atoms with van der Waals surface area (Å²) in [6.07, 6.45) is 9.38. The van der Waals surface area contributed by atoms with E-state index in [1.165, 1.54) is 0 Å². The molecule has 0 heterocycles. The van der Waals surface area contributed by atoms with Crippen molar-refractivity contribution in [3.8, 4) is 6.07 Å². The zero-order chi connectivity index (χ0) is 6.95. The molecule has 0 aliphatic rings. The molecule has 1 nitrogen and oxygen atoms in total. The van der Waals surface area contributed by atoms with E-state index in [1.54, 1.807) is 0 Å². The van der Waals surface area contributed by atoms with Gasteiger partial charge in [-0.2, -0.15) is 5.26 Å². The maximum Gasteiger partial charge on any atom is 0.0663 e. The van der Waals surface area contributed by atoms with Gasteiger partial charge in [0.2, 0.25) is 0 Å². The molecule has 0 aromatic carbocycles. The quantitative estimate of drug-likeness (QED) is 0.526. The first-order valence-electron chi connectivity index (χ1n) is 3.05. The first-order valence-corrected chi connectivity index (χ1v) is 3.05. The van der Waals surface area contributed by atoms with Crippen molar-refractivity contribution < 1.29 is 0 Å². The summed E-state index contributed by atoms with van der Waals surface area (Å²) in [4.78, 5) is 0. The van der Waals surface area contributed by atoms with Crippen molar-refractivity contribution in [2.45, 2.75) is 19.8 Å². The molecule has 1 heteroatoms. The van der Waals surface area contributed by atoms with Crippen molar-refractivity contribution in [3.05, 3.63) is 24.3 Å². The van der Waals surface area contributed by atoms with Gasteiger partial charge in [-0.15, -0.1) is 0 Å². The van der Waals surface area contributed by atoms with Crippen LogP contribution in [0.25, 0.3) is 0 Å². The lowest BCUT2D eigenvalue weighted by molar-refractivity contribution is 1.30. The van der Waals surface area contributed by atoms with Crippen LogP contribution in [0.3, 0.4) is 0 Å². The molecule has 0 aromatic rings. The molecule has 0 spiro atoms. The Balaban J connectivity index is 3.17. The Bertz CT molecular complexity index is 137. The molecule has 0 atom stereocenters. The molecule has 0 saturated carbocycles. The normalized spacial score (nSPS) is 10.7.